The number of H-pyrrole nitrogens is 1. The predicted molar refractivity (Wildman–Crippen MR) is 95.5 cm³/mol. The van der Waals surface area contributed by atoms with Crippen molar-refractivity contribution >= 4 is 27.9 Å². The van der Waals surface area contributed by atoms with Crippen LogP contribution in [0, 0.1) is 6.92 Å². The van der Waals surface area contributed by atoms with Crippen molar-refractivity contribution < 1.29 is 19.1 Å². The quantitative estimate of drug-likeness (QED) is 0.787. The number of nitrogens with one attached hydrogen (secondary N) is 2. The minimum Gasteiger partial charge on any atom is -0.444 e. The molecule has 2 heterocycles. The van der Waals surface area contributed by atoms with Gasteiger partial charge in [0.15, 0.2) is 5.82 Å². The molecule has 0 bridgehead atoms. The Hall–Kier alpha value is -1.61. The van der Waals surface area contributed by atoms with Gasteiger partial charge >= 0.3 is 6.09 Å². The number of amides is 2. The standard InChI is InChI=1S/C16H25BrN4O4/c1-9-12(17)20-13(18-9)14(22)19-10-6-7-21(8-11(10)24-5)15(23)25-16(2,3)4/h10-11H,6-8H2,1-5H3,(H,18,20)(H,19,22)/t10-,11+/m1/s1. The molecule has 1 fully saturated rings. The SMILES string of the molecule is CO[C@H]1CN(C(=O)OC(C)(C)C)CC[C@H]1NC(=O)c1nc(Br)c(C)[nH]1. The van der Waals surface area contributed by atoms with Crippen molar-refractivity contribution in [2.24, 2.45) is 0 Å². The molecule has 0 aromatic carbocycles. The Bertz CT molecular complexity index is 621. The highest BCUT2D eigenvalue weighted by molar-refractivity contribution is 9.10. The Labute approximate surface area is 155 Å². The number of carbonyl (C=O) groups excluding carboxylic acids is 2. The van der Waals surface area contributed by atoms with Crippen LogP contribution in [0.4, 0.5) is 4.79 Å². The molecule has 0 aliphatic carbocycles. The number of carbonyl (C=O) groups is 2. The smallest absolute Gasteiger partial charge is 0.410 e. The summed E-state index contributed by atoms with van der Waals surface area (Å²) in [6.07, 6.45) is -0.112. The van der Waals surface area contributed by atoms with Crippen molar-refractivity contribution in [1.82, 2.24) is 20.2 Å². The van der Waals surface area contributed by atoms with Crippen LogP contribution in [0.5, 0.6) is 0 Å². The molecular formula is C16H25BrN4O4. The van der Waals surface area contributed by atoms with Gasteiger partial charge < -0.3 is 24.7 Å². The van der Waals surface area contributed by atoms with E-state index in [1.807, 2.05) is 27.7 Å². The van der Waals surface area contributed by atoms with E-state index in [2.05, 4.69) is 31.2 Å². The molecule has 1 aliphatic heterocycles. The summed E-state index contributed by atoms with van der Waals surface area (Å²) in [4.78, 5) is 33.2. The van der Waals surface area contributed by atoms with Gasteiger partial charge in [0, 0.05) is 19.3 Å². The fourth-order valence-electron chi connectivity index (χ4n) is 2.60. The molecule has 1 aliphatic rings. The van der Waals surface area contributed by atoms with Gasteiger partial charge in [-0.2, -0.15) is 0 Å². The molecule has 25 heavy (non-hydrogen) atoms. The van der Waals surface area contributed by atoms with Crippen LogP contribution in [0.15, 0.2) is 4.60 Å². The number of hydrogen-bond donors (Lipinski definition) is 2. The van der Waals surface area contributed by atoms with Crippen molar-refractivity contribution in [2.45, 2.75) is 51.9 Å². The van der Waals surface area contributed by atoms with Crippen molar-refractivity contribution in [2.75, 3.05) is 20.2 Å². The van der Waals surface area contributed by atoms with Gasteiger partial charge in [-0.15, -0.1) is 0 Å². The van der Waals surface area contributed by atoms with E-state index in [0.29, 0.717) is 24.1 Å². The van der Waals surface area contributed by atoms with Gasteiger partial charge in [0.05, 0.1) is 18.7 Å². The molecule has 1 aromatic heterocycles. The number of methoxy groups -OCH3 is 1. The minimum atomic E-state index is -0.546. The van der Waals surface area contributed by atoms with Crippen molar-refractivity contribution in [3.8, 4) is 0 Å². The van der Waals surface area contributed by atoms with E-state index in [0.717, 1.165) is 5.69 Å². The zero-order valence-corrected chi connectivity index (χ0v) is 16.8. The third-order valence-electron chi connectivity index (χ3n) is 3.87. The number of piperidine rings is 1. The summed E-state index contributed by atoms with van der Waals surface area (Å²) in [5, 5.41) is 2.93. The third kappa shape index (κ3) is 5.18. The number of imidazole rings is 1. The van der Waals surface area contributed by atoms with Crippen molar-refractivity contribution in [3.05, 3.63) is 16.1 Å². The van der Waals surface area contributed by atoms with Crippen LogP contribution in [0.25, 0.3) is 0 Å². The van der Waals surface area contributed by atoms with Gasteiger partial charge in [0.1, 0.15) is 10.2 Å². The van der Waals surface area contributed by atoms with E-state index in [1.165, 1.54) is 0 Å². The molecular weight excluding hydrogens is 392 g/mol. The molecule has 0 spiro atoms. The van der Waals surface area contributed by atoms with E-state index >= 15 is 0 Å². The fraction of sp³-hybridized carbons (Fsp3) is 0.688. The van der Waals surface area contributed by atoms with Gasteiger partial charge in [0.2, 0.25) is 0 Å². The first-order chi connectivity index (χ1) is 11.6. The Morgan fingerprint density at radius 2 is 2.08 bits per heavy atom. The van der Waals surface area contributed by atoms with Crippen LogP contribution in [0.2, 0.25) is 0 Å². The number of rotatable bonds is 3. The summed E-state index contributed by atoms with van der Waals surface area (Å²) >= 11 is 3.28. The molecule has 140 valence electrons. The summed E-state index contributed by atoms with van der Waals surface area (Å²) in [6.45, 7) is 8.16. The van der Waals surface area contributed by atoms with E-state index in [-0.39, 0.29) is 30.0 Å². The van der Waals surface area contributed by atoms with Gasteiger partial charge in [-0.1, -0.05) is 0 Å². The lowest BCUT2D eigenvalue weighted by Gasteiger charge is -2.38. The van der Waals surface area contributed by atoms with E-state index < -0.39 is 5.60 Å². The van der Waals surface area contributed by atoms with Gasteiger partial charge in [-0.25, -0.2) is 9.78 Å². The Morgan fingerprint density at radius 3 is 2.60 bits per heavy atom. The lowest BCUT2D eigenvalue weighted by atomic mass is 10.0. The van der Waals surface area contributed by atoms with Crippen molar-refractivity contribution in [3.63, 3.8) is 0 Å². The molecule has 0 saturated carbocycles. The molecule has 0 radical (unpaired) electrons. The normalized spacial score (nSPS) is 21.1. The number of aromatic amines is 1. The minimum absolute atomic E-state index is 0.208. The first kappa shape index (κ1) is 19.7. The van der Waals surface area contributed by atoms with Gasteiger partial charge in [-0.05, 0) is 50.0 Å². The molecule has 9 heteroatoms. The zero-order valence-electron chi connectivity index (χ0n) is 15.2. The average Bonchev–Trinajstić information content (AvgIpc) is 2.85. The second-order valence-electron chi connectivity index (χ2n) is 7.07. The molecule has 1 aromatic rings. The Balaban J connectivity index is 1.97. The fourth-order valence-corrected chi connectivity index (χ4v) is 2.87. The highest BCUT2D eigenvalue weighted by Crippen LogP contribution is 2.18. The number of aryl methyl sites for hydroxylation is 1. The molecule has 2 amide bonds. The third-order valence-corrected chi connectivity index (χ3v) is 4.64. The molecule has 8 nitrogen and oxygen atoms in total. The monoisotopic (exact) mass is 416 g/mol. The summed E-state index contributed by atoms with van der Waals surface area (Å²) in [5.74, 6) is -0.0552. The topological polar surface area (TPSA) is 96.6 Å². The lowest BCUT2D eigenvalue weighted by molar-refractivity contribution is -0.0172. The molecule has 2 N–H and O–H groups in total. The summed E-state index contributed by atoms with van der Waals surface area (Å²) < 4.78 is 11.5. The maximum atomic E-state index is 12.4. The highest BCUT2D eigenvalue weighted by atomic mass is 79.9. The van der Waals surface area contributed by atoms with E-state index in [1.54, 1.807) is 12.0 Å². The first-order valence-electron chi connectivity index (χ1n) is 8.14. The summed E-state index contributed by atoms with van der Waals surface area (Å²) in [7, 11) is 1.57. The molecule has 2 rings (SSSR count). The van der Waals surface area contributed by atoms with E-state index in [9.17, 15) is 9.59 Å². The zero-order chi connectivity index (χ0) is 18.8. The number of likely N-dealkylation sites (tertiary alicyclic amines) is 1. The van der Waals surface area contributed by atoms with Crippen LogP contribution < -0.4 is 5.32 Å². The Kier molecular flexibility index (Phi) is 6.10. The number of ether oxygens (including phenoxy) is 2. The predicted octanol–water partition coefficient (Wildman–Crippen LogP) is 2.23. The summed E-state index contributed by atoms with van der Waals surface area (Å²) in [5.41, 5.74) is 0.239. The van der Waals surface area contributed by atoms with Crippen LogP contribution in [0.3, 0.4) is 0 Å². The molecule has 0 unspecified atom stereocenters. The van der Waals surface area contributed by atoms with Crippen LogP contribution in [-0.2, 0) is 9.47 Å². The van der Waals surface area contributed by atoms with Gasteiger partial charge in [-0.3, -0.25) is 4.79 Å². The second-order valence-corrected chi connectivity index (χ2v) is 7.82. The molecule has 2 atom stereocenters. The summed E-state index contributed by atoms with van der Waals surface area (Å²) in [6, 6.07) is -0.208. The van der Waals surface area contributed by atoms with Crippen LogP contribution in [-0.4, -0.2) is 64.8 Å². The number of aromatic nitrogens is 2. The first-order valence-corrected chi connectivity index (χ1v) is 8.93. The number of halogens is 1. The largest absolute Gasteiger partial charge is 0.444 e. The maximum Gasteiger partial charge on any atom is 0.410 e. The second kappa shape index (κ2) is 7.74. The number of nitrogens with zero attached hydrogens (tertiary/aromatic N) is 2. The maximum absolute atomic E-state index is 12.4. The van der Waals surface area contributed by atoms with Gasteiger partial charge in [0.25, 0.3) is 5.91 Å². The molecule has 1 saturated heterocycles. The average molecular weight is 417 g/mol. The highest BCUT2D eigenvalue weighted by Gasteiger charge is 2.35. The van der Waals surface area contributed by atoms with Crippen molar-refractivity contribution in [1.29, 1.82) is 0 Å². The Morgan fingerprint density at radius 1 is 1.40 bits per heavy atom. The van der Waals surface area contributed by atoms with Crippen LogP contribution in [0.1, 0.15) is 43.5 Å². The van der Waals surface area contributed by atoms with E-state index in [4.69, 9.17) is 9.47 Å². The van der Waals surface area contributed by atoms with Crippen LogP contribution >= 0.6 is 15.9 Å². The number of hydrogen-bond acceptors (Lipinski definition) is 5. The lowest BCUT2D eigenvalue weighted by Crippen LogP contribution is -2.56.